The van der Waals surface area contributed by atoms with Crippen LogP contribution in [0.5, 0.6) is 5.75 Å². The number of rotatable bonds is 9. The van der Waals surface area contributed by atoms with Gasteiger partial charge in [0.05, 0.1) is 60.7 Å². The maximum absolute atomic E-state index is 14.0. The highest BCUT2D eigenvalue weighted by atomic mass is 35.5. The van der Waals surface area contributed by atoms with Crippen LogP contribution in [0.3, 0.4) is 0 Å². The number of aliphatic hydroxyl groups is 1. The van der Waals surface area contributed by atoms with Gasteiger partial charge in [-0.05, 0) is 30.7 Å². The zero-order valence-corrected chi connectivity index (χ0v) is 22.9. The highest BCUT2D eigenvalue weighted by molar-refractivity contribution is 6.33. The summed E-state index contributed by atoms with van der Waals surface area (Å²) >= 11 is 6.37. The summed E-state index contributed by atoms with van der Waals surface area (Å²) < 4.78 is 20.6. The van der Waals surface area contributed by atoms with Crippen molar-refractivity contribution in [2.45, 2.75) is 25.6 Å². The molecule has 0 radical (unpaired) electrons. The number of nitrogens with zero attached hydrogens (tertiary/aromatic N) is 7. The van der Waals surface area contributed by atoms with E-state index in [1.807, 2.05) is 0 Å². The molecule has 13 nitrogen and oxygen atoms in total. The average molecular weight is 582 g/mol. The van der Waals surface area contributed by atoms with Crippen LogP contribution in [-0.4, -0.2) is 71.5 Å². The molecule has 0 fully saturated rings. The third-order valence-electron chi connectivity index (χ3n) is 6.52. The summed E-state index contributed by atoms with van der Waals surface area (Å²) in [5.74, 6) is -0.620. The van der Waals surface area contributed by atoms with Crippen LogP contribution in [0.25, 0.3) is 11.3 Å². The second kappa shape index (κ2) is 11.4. The van der Waals surface area contributed by atoms with Crippen molar-refractivity contribution < 1.29 is 23.8 Å². The van der Waals surface area contributed by atoms with Crippen molar-refractivity contribution in [3.63, 3.8) is 0 Å². The number of amides is 2. The van der Waals surface area contributed by atoms with Gasteiger partial charge in [0, 0.05) is 24.9 Å². The molecule has 0 bridgehead atoms. The maximum atomic E-state index is 14.0. The number of anilines is 2. The van der Waals surface area contributed by atoms with Crippen LogP contribution >= 0.6 is 11.6 Å². The molecule has 0 aliphatic carbocycles. The molecule has 0 spiro atoms. The molecule has 1 aliphatic rings. The summed E-state index contributed by atoms with van der Waals surface area (Å²) in [5.41, 5.74) is 1.92. The van der Waals surface area contributed by atoms with E-state index >= 15 is 0 Å². The largest absolute Gasteiger partial charge is 0.497 e. The van der Waals surface area contributed by atoms with Crippen molar-refractivity contribution >= 4 is 35.2 Å². The molecule has 3 aromatic heterocycles. The average Bonchev–Trinajstić information content (AvgIpc) is 3.53. The lowest BCUT2D eigenvalue weighted by Crippen LogP contribution is -2.46. The van der Waals surface area contributed by atoms with Crippen LogP contribution < -0.4 is 15.4 Å². The number of halogens is 2. The van der Waals surface area contributed by atoms with Gasteiger partial charge < -0.3 is 25.4 Å². The van der Waals surface area contributed by atoms with Crippen molar-refractivity contribution in [2.75, 3.05) is 19.0 Å². The predicted octanol–water partition coefficient (Wildman–Crippen LogP) is 2.41. The van der Waals surface area contributed by atoms with Gasteiger partial charge in [0.25, 0.3) is 5.91 Å². The molecule has 5 rings (SSSR count). The molecule has 212 valence electrons. The van der Waals surface area contributed by atoms with Gasteiger partial charge in [-0.3, -0.25) is 19.3 Å². The highest BCUT2D eigenvalue weighted by Gasteiger charge is 2.36. The van der Waals surface area contributed by atoms with Crippen LogP contribution in [0.4, 0.5) is 16.2 Å². The number of hydrogen-bond donors (Lipinski definition) is 3. The summed E-state index contributed by atoms with van der Waals surface area (Å²) in [6.07, 6.45) is 4.61. The first-order chi connectivity index (χ1) is 19.7. The SMILES string of the molecule is COc1cc(F)cc([C@@H](CO)NC(=O)[C@@H](C)N2Cc3ncc(-c4nc(Nc5cn(C)nn5)ncc4Cl)cc3C2=O)c1. The van der Waals surface area contributed by atoms with Crippen LogP contribution in [0, 0.1) is 5.82 Å². The number of fused-ring (bicyclic) bond motifs is 1. The van der Waals surface area contributed by atoms with Crippen molar-refractivity contribution in [1.29, 1.82) is 0 Å². The van der Waals surface area contributed by atoms with Gasteiger partial charge in [-0.15, -0.1) is 5.10 Å². The Bertz CT molecular complexity index is 1630. The molecular formula is C26H25ClFN9O4. The summed E-state index contributed by atoms with van der Waals surface area (Å²) in [6, 6.07) is 3.69. The Morgan fingerprint density at radius 1 is 1.24 bits per heavy atom. The van der Waals surface area contributed by atoms with Gasteiger partial charge in [0.2, 0.25) is 11.9 Å². The molecule has 2 atom stereocenters. The number of benzene rings is 1. The fourth-order valence-electron chi connectivity index (χ4n) is 4.36. The number of aliphatic hydroxyl groups excluding tert-OH is 1. The molecule has 2 amide bonds. The Morgan fingerprint density at radius 2 is 2.05 bits per heavy atom. The molecule has 4 heterocycles. The van der Waals surface area contributed by atoms with Gasteiger partial charge in [-0.25, -0.2) is 14.4 Å². The fraction of sp³-hybridized carbons (Fsp3) is 0.269. The summed E-state index contributed by atoms with van der Waals surface area (Å²) in [5, 5.41) is 23.5. The Kier molecular flexibility index (Phi) is 7.77. The smallest absolute Gasteiger partial charge is 0.256 e. The lowest BCUT2D eigenvalue weighted by atomic mass is 10.1. The van der Waals surface area contributed by atoms with E-state index in [1.54, 1.807) is 32.4 Å². The molecule has 15 heteroatoms. The Balaban J connectivity index is 1.33. The van der Waals surface area contributed by atoms with E-state index in [9.17, 15) is 19.1 Å². The number of methoxy groups -OCH3 is 1. The minimum atomic E-state index is -0.921. The van der Waals surface area contributed by atoms with Crippen molar-refractivity contribution in [1.82, 2.24) is 40.2 Å². The van der Waals surface area contributed by atoms with Gasteiger partial charge in [-0.2, -0.15) is 0 Å². The van der Waals surface area contributed by atoms with E-state index in [0.29, 0.717) is 33.9 Å². The van der Waals surface area contributed by atoms with E-state index in [1.165, 1.54) is 41.1 Å². The lowest BCUT2D eigenvalue weighted by Gasteiger charge is -2.26. The quantitative estimate of drug-likeness (QED) is 0.268. The minimum Gasteiger partial charge on any atom is -0.497 e. The Labute approximate surface area is 238 Å². The Morgan fingerprint density at radius 3 is 2.76 bits per heavy atom. The van der Waals surface area contributed by atoms with Gasteiger partial charge in [0.15, 0.2) is 5.82 Å². The first-order valence-corrected chi connectivity index (χ1v) is 12.8. The maximum Gasteiger partial charge on any atom is 0.256 e. The van der Waals surface area contributed by atoms with E-state index in [4.69, 9.17) is 16.3 Å². The van der Waals surface area contributed by atoms with Crippen molar-refractivity contribution in [2.24, 2.45) is 7.05 Å². The number of carbonyl (C=O) groups excluding carboxylic acids is 2. The predicted molar refractivity (Wildman–Crippen MR) is 145 cm³/mol. The molecule has 1 aliphatic heterocycles. The van der Waals surface area contributed by atoms with Crippen LogP contribution in [0.15, 0.2) is 42.9 Å². The molecule has 0 saturated carbocycles. The number of aromatic nitrogens is 6. The molecule has 41 heavy (non-hydrogen) atoms. The van der Waals surface area contributed by atoms with Crippen molar-refractivity contribution in [3.05, 3.63) is 70.5 Å². The first kappa shape index (κ1) is 27.9. The molecule has 4 aromatic rings. The second-order valence-electron chi connectivity index (χ2n) is 9.29. The number of ether oxygens (including phenoxy) is 1. The number of aryl methyl sites for hydroxylation is 1. The Hall–Kier alpha value is -4.69. The fourth-order valence-corrected chi connectivity index (χ4v) is 4.56. The lowest BCUT2D eigenvalue weighted by molar-refractivity contribution is -0.126. The molecular weight excluding hydrogens is 557 g/mol. The normalized spacial score (nSPS) is 14.0. The molecule has 1 aromatic carbocycles. The van der Waals surface area contributed by atoms with Gasteiger partial charge >= 0.3 is 0 Å². The van der Waals surface area contributed by atoms with Crippen LogP contribution in [0.2, 0.25) is 5.02 Å². The number of nitrogens with one attached hydrogen (secondary N) is 2. The molecule has 3 N–H and O–H groups in total. The van der Waals surface area contributed by atoms with E-state index in [2.05, 4.69) is 35.9 Å². The van der Waals surface area contributed by atoms with Crippen LogP contribution in [0.1, 0.15) is 34.6 Å². The van der Waals surface area contributed by atoms with Gasteiger partial charge in [0.1, 0.15) is 17.6 Å². The molecule has 0 saturated heterocycles. The monoisotopic (exact) mass is 581 g/mol. The van der Waals surface area contributed by atoms with Crippen LogP contribution in [-0.2, 0) is 18.4 Å². The molecule has 0 unspecified atom stereocenters. The number of hydrogen-bond acceptors (Lipinski definition) is 10. The summed E-state index contributed by atoms with van der Waals surface area (Å²) in [6.45, 7) is 1.17. The third kappa shape index (κ3) is 5.78. The standard InChI is InChI=1S/C26H25ClFN9O4/c1-13(24(39)31-21(12-38)14-4-16(28)7-17(5-14)41-3)37-10-20-18(25(37)40)6-15(8-29-20)23-19(27)9-30-26(33-23)32-22-11-36(2)35-34-22/h4-9,11,13,21,38H,10,12H2,1-3H3,(H,31,39)(H,30,32,33)/t13-,21-/m1/s1. The number of pyridine rings is 1. The highest BCUT2D eigenvalue weighted by Crippen LogP contribution is 2.31. The first-order valence-electron chi connectivity index (χ1n) is 12.4. The van der Waals surface area contributed by atoms with E-state index < -0.39 is 36.3 Å². The van der Waals surface area contributed by atoms with E-state index in [0.717, 1.165) is 0 Å². The zero-order valence-electron chi connectivity index (χ0n) is 22.2. The summed E-state index contributed by atoms with van der Waals surface area (Å²) in [7, 11) is 3.11. The van der Waals surface area contributed by atoms with E-state index in [-0.39, 0.29) is 23.3 Å². The van der Waals surface area contributed by atoms with Crippen molar-refractivity contribution in [3.8, 4) is 17.0 Å². The second-order valence-corrected chi connectivity index (χ2v) is 9.70. The zero-order chi connectivity index (χ0) is 29.3. The third-order valence-corrected chi connectivity index (χ3v) is 6.80. The van der Waals surface area contributed by atoms with Gasteiger partial charge in [-0.1, -0.05) is 16.8 Å². The number of carbonyl (C=O) groups is 2. The topological polar surface area (TPSA) is 160 Å². The minimum absolute atomic E-state index is 0.0948. The summed E-state index contributed by atoms with van der Waals surface area (Å²) in [4.78, 5) is 40.9.